The molecule has 0 saturated carbocycles. The highest BCUT2D eigenvalue weighted by molar-refractivity contribution is 6.02. The monoisotopic (exact) mass is 438 g/mol. The number of likely N-dealkylation sites (tertiary alicyclic amines) is 1. The van der Waals surface area contributed by atoms with E-state index in [1.807, 2.05) is 6.07 Å². The van der Waals surface area contributed by atoms with Crippen molar-refractivity contribution in [3.8, 4) is 34.3 Å². The Morgan fingerprint density at radius 1 is 1.12 bits per heavy atom. The van der Waals surface area contributed by atoms with Crippen molar-refractivity contribution in [1.29, 1.82) is 0 Å². The van der Waals surface area contributed by atoms with E-state index >= 15 is 0 Å². The molecule has 1 aliphatic heterocycles. The third-order valence-corrected chi connectivity index (χ3v) is 5.74. The van der Waals surface area contributed by atoms with Gasteiger partial charge in [-0.3, -0.25) is 4.79 Å². The van der Waals surface area contributed by atoms with Crippen LogP contribution in [0.15, 0.2) is 48.7 Å². The molecular weight excluding hydrogens is 415 g/mol. The second-order valence-corrected chi connectivity index (χ2v) is 7.55. The van der Waals surface area contributed by atoms with E-state index in [1.165, 1.54) is 37.4 Å². The lowest BCUT2D eigenvalue weighted by Gasteiger charge is -2.20. The number of carbonyl (C=O) groups excluding carboxylic acids is 1. The van der Waals surface area contributed by atoms with Crippen LogP contribution in [0.5, 0.6) is 23.1 Å². The third kappa shape index (κ3) is 3.79. The van der Waals surface area contributed by atoms with E-state index < -0.39 is 17.5 Å². The molecule has 3 aromatic rings. The molecule has 1 unspecified atom stereocenters. The Balaban J connectivity index is 1.69. The van der Waals surface area contributed by atoms with Crippen molar-refractivity contribution in [2.24, 2.45) is 0 Å². The molecule has 1 amide bonds. The number of hydrogen-bond donors (Lipinski definition) is 2. The highest BCUT2D eigenvalue weighted by Crippen LogP contribution is 2.45. The number of aromatic hydroxyl groups is 2. The molecule has 2 heterocycles. The number of aromatic nitrogens is 1. The molecule has 0 spiro atoms. The molecule has 0 aliphatic carbocycles. The first-order valence-electron chi connectivity index (χ1n) is 10.1. The van der Waals surface area contributed by atoms with Crippen molar-refractivity contribution in [1.82, 2.24) is 9.88 Å². The van der Waals surface area contributed by atoms with Crippen molar-refractivity contribution >= 4 is 5.91 Å². The second kappa shape index (κ2) is 8.74. The van der Waals surface area contributed by atoms with Crippen LogP contribution >= 0.6 is 0 Å². The standard InChI is InChI=1S/C24H23FN2O5/c1-31-18-7-4-8-19(32-2)20(18)17-12-26-23(29)21(22(17)28)24(30)27-10-9-15(13-27)14-5-3-6-16(25)11-14/h3-8,11-12,15H,9-10,13H2,1-2H3,(H2,26,28,29). The molecule has 2 N–H and O–H groups in total. The van der Waals surface area contributed by atoms with Gasteiger partial charge in [-0.05, 0) is 36.2 Å². The van der Waals surface area contributed by atoms with Gasteiger partial charge in [0.05, 0.1) is 25.3 Å². The molecular formula is C24H23FN2O5. The fourth-order valence-electron chi connectivity index (χ4n) is 4.12. The molecule has 4 rings (SSSR count). The van der Waals surface area contributed by atoms with Gasteiger partial charge in [-0.25, -0.2) is 9.37 Å². The van der Waals surface area contributed by atoms with Gasteiger partial charge in [-0.15, -0.1) is 0 Å². The van der Waals surface area contributed by atoms with Crippen molar-refractivity contribution in [3.05, 3.63) is 65.6 Å². The second-order valence-electron chi connectivity index (χ2n) is 7.55. The summed E-state index contributed by atoms with van der Waals surface area (Å²) in [5.41, 5.74) is 1.12. The maximum Gasteiger partial charge on any atom is 0.263 e. The minimum atomic E-state index is -0.570. The Morgan fingerprint density at radius 3 is 2.47 bits per heavy atom. The zero-order valence-electron chi connectivity index (χ0n) is 17.7. The molecule has 166 valence electrons. The highest BCUT2D eigenvalue weighted by Gasteiger charge is 2.33. The van der Waals surface area contributed by atoms with Gasteiger partial charge in [0.2, 0.25) is 5.88 Å². The van der Waals surface area contributed by atoms with Crippen molar-refractivity contribution in [3.63, 3.8) is 0 Å². The SMILES string of the molecule is COc1cccc(OC)c1-c1cnc(O)c(C(=O)N2CCC(c3cccc(F)c3)C2)c1O. The Kier molecular flexibility index (Phi) is 5.85. The van der Waals surface area contributed by atoms with Gasteiger partial charge in [-0.1, -0.05) is 18.2 Å². The van der Waals surface area contributed by atoms with E-state index in [2.05, 4.69) is 4.98 Å². The van der Waals surface area contributed by atoms with E-state index in [-0.39, 0.29) is 22.9 Å². The quantitative estimate of drug-likeness (QED) is 0.627. The maximum atomic E-state index is 13.6. The zero-order valence-corrected chi connectivity index (χ0v) is 17.7. The first-order valence-corrected chi connectivity index (χ1v) is 10.1. The minimum absolute atomic E-state index is 0.0376. The Bertz CT molecular complexity index is 1140. The number of benzene rings is 2. The average Bonchev–Trinajstić information content (AvgIpc) is 3.29. The molecule has 1 aromatic heterocycles. The molecule has 1 saturated heterocycles. The summed E-state index contributed by atoms with van der Waals surface area (Å²) in [6, 6.07) is 11.4. The molecule has 7 nitrogen and oxygen atoms in total. The zero-order chi connectivity index (χ0) is 22.8. The lowest BCUT2D eigenvalue weighted by molar-refractivity contribution is 0.0784. The van der Waals surface area contributed by atoms with Crippen LogP contribution in [0.3, 0.4) is 0 Å². The summed E-state index contributed by atoms with van der Waals surface area (Å²) >= 11 is 0. The summed E-state index contributed by atoms with van der Waals surface area (Å²) in [6.45, 7) is 0.741. The molecule has 2 aromatic carbocycles. The van der Waals surface area contributed by atoms with E-state index in [0.29, 0.717) is 36.6 Å². The molecule has 0 bridgehead atoms. The Morgan fingerprint density at radius 2 is 1.81 bits per heavy atom. The third-order valence-electron chi connectivity index (χ3n) is 5.74. The largest absolute Gasteiger partial charge is 0.506 e. The van der Waals surface area contributed by atoms with E-state index in [4.69, 9.17) is 9.47 Å². The maximum absolute atomic E-state index is 13.6. The number of halogens is 1. The van der Waals surface area contributed by atoms with Crippen molar-refractivity contribution in [2.75, 3.05) is 27.3 Å². The summed E-state index contributed by atoms with van der Waals surface area (Å²) in [6.07, 6.45) is 1.91. The van der Waals surface area contributed by atoms with Gasteiger partial charge < -0.3 is 24.6 Å². The molecule has 32 heavy (non-hydrogen) atoms. The predicted molar refractivity (Wildman–Crippen MR) is 116 cm³/mol. The normalized spacial score (nSPS) is 15.6. The Labute approximate surface area is 184 Å². The molecule has 1 atom stereocenters. The van der Waals surface area contributed by atoms with Crippen LogP contribution in [0.25, 0.3) is 11.1 Å². The minimum Gasteiger partial charge on any atom is -0.506 e. The van der Waals surface area contributed by atoms with Crippen LogP contribution in [0.4, 0.5) is 4.39 Å². The lowest BCUT2D eigenvalue weighted by atomic mass is 9.98. The van der Waals surface area contributed by atoms with Gasteiger partial charge in [0.25, 0.3) is 5.91 Å². The van der Waals surface area contributed by atoms with Crippen LogP contribution < -0.4 is 9.47 Å². The smallest absolute Gasteiger partial charge is 0.263 e. The van der Waals surface area contributed by atoms with Gasteiger partial charge in [-0.2, -0.15) is 0 Å². The molecule has 1 fully saturated rings. The first kappa shape index (κ1) is 21.4. The number of nitrogens with zero attached hydrogens (tertiary/aromatic N) is 2. The average molecular weight is 438 g/mol. The summed E-state index contributed by atoms with van der Waals surface area (Å²) in [7, 11) is 2.96. The van der Waals surface area contributed by atoms with Gasteiger partial charge in [0.1, 0.15) is 28.6 Å². The van der Waals surface area contributed by atoms with Gasteiger partial charge in [0.15, 0.2) is 0 Å². The summed E-state index contributed by atoms with van der Waals surface area (Å²) in [5, 5.41) is 21.3. The number of carbonyl (C=O) groups is 1. The van der Waals surface area contributed by atoms with E-state index in [9.17, 15) is 19.4 Å². The predicted octanol–water partition coefficient (Wildman–Crippen LogP) is 3.95. The van der Waals surface area contributed by atoms with E-state index in [1.54, 1.807) is 24.3 Å². The Hall–Kier alpha value is -3.81. The molecule has 0 radical (unpaired) electrons. The fourth-order valence-corrected chi connectivity index (χ4v) is 4.12. The van der Waals surface area contributed by atoms with Crippen LogP contribution in [-0.2, 0) is 0 Å². The van der Waals surface area contributed by atoms with Crippen LogP contribution in [0.1, 0.15) is 28.3 Å². The molecule has 1 aliphatic rings. The van der Waals surface area contributed by atoms with E-state index in [0.717, 1.165) is 5.56 Å². The van der Waals surface area contributed by atoms with Crippen LogP contribution in [0.2, 0.25) is 0 Å². The summed E-state index contributed by atoms with van der Waals surface area (Å²) in [4.78, 5) is 18.7. The van der Waals surface area contributed by atoms with Crippen molar-refractivity contribution in [2.45, 2.75) is 12.3 Å². The summed E-state index contributed by atoms with van der Waals surface area (Å²) in [5.74, 6) is -1.08. The number of pyridine rings is 1. The van der Waals surface area contributed by atoms with Gasteiger partial charge >= 0.3 is 0 Å². The topological polar surface area (TPSA) is 92.1 Å². The fraction of sp³-hybridized carbons (Fsp3) is 0.250. The van der Waals surface area contributed by atoms with Gasteiger partial charge in [0, 0.05) is 25.2 Å². The number of amides is 1. The summed E-state index contributed by atoms with van der Waals surface area (Å²) < 4.78 is 24.4. The lowest BCUT2D eigenvalue weighted by Crippen LogP contribution is -2.28. The van der Waals surface area contributed by atoms with Crippen LogP contribution in [0, 0.1) is 5.82 Å². The molecule has 8 heteroatoms. The highest BCUT2D eigenvalue weighted by atomic mass is 19.1. The van der Waals surface area contributed by atoms with Crippen molar-refractivity contribution < 1.29 is 28.9 Å². The first-order chi connectivity index (χ1) is 15.4. The number of hydrogen-bond acceptors (Lipinski definition) is 6. The number of ether oxygens (including phenoxy) is 2. The number of methoxy groups -OCH3 is 2. The number of rotatable bonds is 5. The van der Waals surface area contributed by atoms with Crippen LogP contribution in [-0.4, -0.2) is 53.3 Å².